The SMILES string of the molecule is I.NC(=NCCCOC1CCCc2ccccc21)NCCc1ccccn1. The molecule has 1 heterocycles. The van der Waals surface area contributed by atoms with Crippen LogP contribution in [0.15, 0.2) is 53.7 Å². The molecule has 5 nitrogen and oxygen atoms in total. The molecule has 0 bridgehead atoms. The number of hydrogen-bond acceptors (Lipinski definition) is 3. The molecule has 0 fully saturated rings. The van der Waals surface area contributed by atoms with E-state index in [4.69, 9.17) is 10.5 Å². The van der Waals surface area contributed by atoms with Crippen LogP contribution in [0.3, 0.4) is 0 Å². The quantitative estimate of drug-likeness (QED) is 0.262. The Balaban J connectivity index is 0.00000261. The monoisotopic (exact) mass is 480 g/mol. The van der Waals surface area contributed by atoms with Crippen molar-refractivity contribution in [2.45, 2.75) is 38.2 Å². The molecule has 1 aliphatic carbocycles. The second kappa shape index (κ2) is 11.9. The first-order valence-corrected chi connectivity index (χ1v) is 9.46. The van der Waals surface area contributed by atoms with Gasteiger partial charge in [0.1, 0.15) is 0 Å². The van der Waals surface area contributed by atoms with E-state index in [-0.39, 0.29) is 30.1 Å². The average Bonchev–Trinajstić information content (AvgIpc) is 2.69. The number of rotatable bonds is 8. The maximum Gasteiger partial charge on any atom is 0.188 e. The number of nitrogens with one attached hydrogen (secondary N) is 1. The molecule has 0 saturated heterocycles. The molecule has 1 aromatic carbocycles. The zero-order valence-electron chi connectivity index (χ0n) is 15.6. The molecule has 0 amide bonds. The number of fused-ring (bicyclic) bond motifs is 1. The van der Waals surface area contributed by atoms with E-state index < -0.39 is 0 Å². The van der Waals surface area contributed by atoms with Crippen LogP contribution in [0, 0.1) is 0 Å². The lowest BCUT2D eigenvalue weighted by molar-refractivity contribution is 0.0403. The normalized spacial score (nSPS) is 16.3. The van der Waals surface area contributed by atoms with E-state index in [1.165, 1.54) is 24.0 Å². The van der Waals surface area contributed by atoms with Crippen LogP contribution < -0.4 is 11.1 Å². The van der Waals surface area contributed by atoms with Gasteiger partial charge in [0.25, 0.3) is 0 Å². The van der Waals surface area contributed by atoms with Gasteiger partial charge in [0.05, 0.1) is 6.10 Å². The highest BCUT2D eigenvalue weighted by molar-refractivity contribution is 14.0. The van der Waals surface area contributed by atoms with Gasteiger partial charge >= 0.3 is 0 Å². The zero-order chi connectivity index (χ0) is 18.0. The van der Waals surface area contributed by atoms with Crippen molar-refractivity contribution in [2.75, 3.05) is 19.7 Å². The number of aromatic nitrogens is 1. The predicted molar refractivity (Wildman–Crippen MR) is 121 cm³/mol. The number of nitrogens with two attached hydrogens (primary N) is 1. The van der Waals surface area contributed by atoms with Gasteiger partial charge < -0.3 is 15.8 Å². The molecular weight excluding hydrogens is 451 g/mol. The summed E-state index contributed by atoms with van der Waals surface area (Å²) in [6, 6.07) is 14.5. The van der Waals surface area contributed by atoms with Crippen LogP contribution in [0.1, 0.15) is 42.2 Å². The molecule has 1 aromatic heterocycles. The molecule has 1 unspecified atom stereocenters. The van der Waals surface area contributed by atoms with E-state index >= 15 is 0 Å². The van der Waals surface area contributed by atoms with Crippen molar-refractivity contribution in [1.29, 1.82) is 0 Å². The molecule has 0 saturated carbocycles. The van der Waals surface area contributed by atoms with Gasteiger partial charge in [-0.3, -0.25) is 9.98 Å². The largest absolute Gasteiger partial charge is 0.373 e. The van der Waals surface area contributed by atoms with Crippen molar-refractivity contribution in [3.8, 4) is 0 Å². The second-order valence-electron chi connectivity index (χ2n) is 6.57. The minimum Gasteiger partial charge on any atom is -0.373 e. The maximum absolute atomic E-state index is 6.09. The lowest BCUT2D eigenvalue weighted by atomic mass is 9.89. The lowest BCUT2D eigenvalue weighted by Gasteiger charge is -2.25. The van der Waals surface area contributed by atoms with Crippen LogP contribution >= 0.6 is 24.0 Å². The summed E-state index contributed by atoms with van der Waals surface area (Å²) < 4.78 is 6.09. The van der Waals surface area contributed by atoms with E-state index in [2.05, 4.69) is 39.6 Å². The predicted octanol–water partition coefficient (Wildman–Crippen LogP) is 3.63. The summed E-state index contributed by atoms with van der Waals surface area (Å²) >= 11 is 0. The van der Waals surface area contributed by atoms with E-state index in [0.29, 0.717) is 19.1 Å². The Bertz CT molecular complexity index is 708. The highest BCUT2D eigenvalue weighted by atomic mass is 127. The van der Waals surface area contributed by atoms with Gasteiger partial charge in [-0.15, -0.1) is 24.0 Å². The third-order valence-electron chi connectivity index (χ3n) is 4.63. The Morgan fingerprint density at radius 3 is 2.93 bits per heavy atom. The fraction of sp³-hybridized carbons (Fsp3) is 0.429. The summed E-state index contributed by atoms with van der Waals surface area (Å²) in [5, 5.41) is 3.13. The summed E-state index contributed by atoms with van der Waals surface area (Å²) in [7, 11) is 0. The molecule has 2 aromatic rings. The number of ether oxygens (including phenoxy) is 1. The first kappa shape index (κ1) is 21.6. The smallest absolute Gasteiger partial charge is 0.188 e. The van der Waals surface area contributed by atoms with Crippen molar-refractivity contribution in [3.63, 3.8) is 0 Å². The molecule has 1 aliphatic rings. The zero-order valence-corrected chi connectivity index (χ0v) is 18.0. The van der Waals surface area contributed by atoms with Gasteiger partial charge in [-0.05, 0) is 48.9 Å². The van der Waals surface area contributed by atoms with Gasteiger partial charge in [-0.2, -0.15) is 0 Å². The summed E-state index contributed by atoms with van der Waals surface area (Å²) in [5.74, 6) is 0.490. The number of aryl methyl sites for hydroxylation is 1. The molecule has 6 heteroatoms. The van der Waals surface area contributed by atoms with E-state index in [1.54, 1.807) is 6.20 Å². The molecule has 146 valence electrons. The summed E-state index contributed by atoms with van der Waals surface area (Å²) in [5.41, 5.74) is 9.75. The Labute approximate surface area is 178 Å². The molecule has 3 N–H and O–H groups in total. The Kier molecular flexibility index (Phi) is 9.55. The minimum absolute atomic E-state index is 0. The lowest BCUT2D eigenvalue weighted by Crippen LogP contribution is -2.33. The number of halogens is 1. The molecule has 3 rings (SSSR count). The highest BCUT2D eigenvalue weighted by Crippen LogP contribution is 2.32. The van der Waals surface area contributed by atoms with E-state index in [1.807, 2.05) is 18.2 Å². The van der Waals surface area contributed by atoms with Crippen molar-refractivity contribution in [3.05, 3.63) is 65.5 Å². The number of pyridine rings is 1. The molecule has 27 heavy (non-hydrogen) atoms. The van der Waals surface area contributed by atoms with Crippen molar-refractivity contribution >= 4 is 29.9 Å². The third kappa shape index (κ3) is 7.10. The Hall–Kier alpha value is -1.67. The van der Waals surface area contributed by atoms with Gasteiger partial charge in [-0.25, -0.2) is 0 Å². The minimum atomic E-state index is 0. The fourth-order valence-corrected chi connectivity index (χ4v) is 3.29. The summed E-state index contributed by atoms with van der Waals surface area (Å²) in [4.78, 5) is 8.65. The van der Waals surface area contributed by atoms with Crippen molar-refractivity contribution < 1.29 is 4.74 Å². The second-order valence-corrected chi connectivity index (χ2v) is 6.57. The highest BCUT2D eigenvalue weighted by Gasteiger charge is 2.19. The van der Waals surface area contributed by atoms with Gasteiger partial charge in [0.15, 0.2) is 5.96 Å². The fourth-order valence-electron chi connectivity index (χ4n) is 3.29. The molecule has 0 spiro atoms. The molecular formula is C21H29IN4O. The number of benzene rings is 1. The van der Waals surface area contributed by atoms with Crippen LogP contribution in [-0.2, 0) is 17.6 Å². The summed E-state index contributed by atoms with van der Waals surface area (Å²) in [6.45, 7) is 2.13. The molecule has 0 radical (unpaired) electrons. The van der Waals surface area contributed by atoms with Crippen LogP contribution in [0.4, 0.5) is 0 Å². The number of guanidine groups is 1. The van der Waals surface area contributed by atoms with Crippen LogP contribution in [0.2, 0.25) is 0 Å². The molecule has 1 atom stereocenters. The van der Waals surface area contributed by atoms with E-state index in [9.17, 15) is 0 Å². The molecule has 0 aliphatic heterocycles. The number of aliphatic imine (C=N–C) groups is 1. The average molecular weight is 480 g/mol. The number of hydrogen-bond donors (Lipinski definition) is 2. The number of nitrogens with zero attached hydrogens (tertiary/aromatic N) is 2. The van der Waals surface area contributed by atoms with Gasteiger partial charge in [0.2, 0.25) is 0 Å². The third-order valence-corrected chi connectivity index (χ3v) is 4.63. The first-order valence-electron chi connectivity index (χ1n) is 9.46. The van der Waals surface area contributed by atoms with Gasteiger partial charge in [0, 0.05) is 38.0 Å². The Morgan fingerprint density at radius 1 is 1.22 bits per heavy atom. The van der Waals surface area contributed by atoms with Gasteiger partial charge in [-0.1, -0.05) is 30.3 Å². The maximum atomic E-state index is 6.09. The van der Waals surface area contributed by atoms with Crippen molar-refractivity contribution in [2.24, 2.45) is 10.7 Å². The van der Waals surface area contributed by atoms with E-state index in [0.717, 1.165) is 31.5 Å². The summed E-state index contributed by atoms with van der Waals surface area (Å²) in [6.07, 6.45) is 7.23. The van der Waals surface area contributed by atoms with Crippen LogP contribution in [0.25, 0.3) is 0 Å². The first-order chi connectivity index (χ1) is 12.8. The standard InChI is InChI=1S/C21H28N4O.HI/c22-21(25-15-12-18-9-3-4-13-23-18)24-14-6-16-26-20-11-5-8-17-7-1-2-10-19(17)20;/h1-4,7,9-10,13,20H,5-6,8,11-12,14-16H2,(H3,22,24,25);1H. The Morgan fingerprint density at radius 2 is 2.07 bits per heavy atom. The van der Waals surface area contributed by atoms with Crippen molar-refractivity contribution in [1.82, 2.24) is 10.3 Å². The topological polar surface area (TPSA) is 72.5 Å². The van der Waals surface area contributed by atoms with Crippen LogP contribution in [-0.4, -0.2) is 30.6 Å². The van der Waals surface area contributed by atoms with Crippen LogP contribution in [0.5, 0.6) is 0 Å².